The van der Waals surface area contributed by atoms with E-state index in [0.29, 0.717) is 0 Å². The largest absolute Gasteiger partial charge is 0.412 e. The Balaban J connectivity index is 0. The molecule has 0 aromatic heterocycles. The summed E-state index contributed by atoms with van der Waals surface area (Å²) in [4.78, 5) is 0. The first-order chi connectivity index (χ1) is 3.39. The van der Waals surface area contributed by atoms with Crippen LogP contribution in [0.5, 0.6) is 0 Å². The quantitative estimate of drug-likeness (QED) is 0.401. The summed E-state index contributed by atoms with van der Waals surface area (Å²) in [7, 11) is 0. The van der Waals surface area contributed by atoms with Gasteiger partial charge in [-0.25, -0.2) is 0 Å². The smallest absolute Gasteiger partial charge is 0.0564 e. The molecular formula is C5H16N2O2. The zero-order chi connectivity index (χ0) is 5.11. The van der Waals surface area contributed by atoms with Crippen LogP contribution in [0.3, 0.4) is 0 Å². The maximum Gasteiger partial charge on any atom is 0.0564 e. The van der Waals surface area contributed by atoms with E-state index in [-0.39, 0.29) is 17.7 Å². The van der Waals surface area contributed by atoms with Crippen LogP contribution in [0.15, 0.2) is 0 Å². The molecule has 0 aliphatic carbocycles. The molecule has 0 aromatic rings. The molecule has 1 saturated heterocycles. The van der Waals surface area contributed by atoms with Gasteiger partial charge in [0.1, 0.15) is 0 Å². The number of nitrogens with one attached hydrogen (secondary N) is 1. The molecule has 4 nitrogen and oxygen atoms in total. The molecule has 0 saturated carbocycles. The number of aliphatic hydroxyl groups is 1. The topological polar surface area (TPSA) is 98.8 Å². The Kier molecular flexibility index (Phi) is 7.70. The molecule has 1 aliphatic heterocycles. The molecule has 0 amide bonds. The normalized spacial score (nSPS) is 19.7. The Labute approximate surface area is 55.2 Å². The predicted molar refractivity (Wildman–Crippen MR) is 36.7 cm³/mol. The minimum absolute atomic E-state index is 0. The molecular weight excluding hydrogens is 120 g/mol. The second-order valence-corrected chi connectivity index (χ2v) is 1.98. The van der Waals surface area contributed by atoms with Crippen LogP contribution >= 0.6 is 0 Å². The third-order valence-electron chi connectivity index (χ3n) is 1.31. The van der Waals surface area contributed by atoms with Crippen molar-refractivity contribution in [3.05, 3.63) is 0 Å². The van der Waals surface area contributed by atoms with Crippen LogP contribution in [0.2, 0.25) is 0 Å². The fourth-order valence-corrected chi connectivity index (χ4v) is 0.807. The monoisotopic (exact) mass is 136 g/mol. The average molecular weight is 136 g/mol. The van der Waals surface area contributed by atoms with Gasteiger partial charge in [0.25, 0.3) is 0 Å². The summed E-state index contributed by atoms with van der Waals surface area (Å²) in [5, 5.41) is 12.0. The van der Waals surface area contributed by atoms with Crippen molar-refractivity contribution >= 4 is 0 Å². The SMILES string of the molecule is N.O.OC1CCNCC1. The number of aliphatic hydroxyl groups excluding tert-OH is 1. The van der Waals surface area contributed by atoms with E-state index in [2.05, 4.69) is 5.32 Å². The average Bonchev–Trinajstić information content (AvgIpc) is 1.69. The Morgan fingerprint density at radius 3 is 1.89 bits per heavy atom. The second kappa shape index (κ2) is 5.97. The summed E-state index contributed by atoms with van der Waals surface area (Å²) in [6.07, 6.45) is 1.83. The maximum absolute atomic E-state index is 8.87. The van der Waals surface area contributed by atoms with Gasteiger partial charge in [0.2, 0.25) is 0 Å². The third-order valence-corrected chi connectivity index (χ3v) is 1.31. The summed E-state index contributed by atoms with van der Waals surface area (Å²) in [6.45, 7) is 1.97. The first-order valence-electron chi connectivity index (χ1n) is 2.78. The molecule has 4 heteroatoms. The number of hydrogen-bond donors (Lipinski definition) is 3. The minimum atomic E-state index is -0.0266. The van der Waals surface area contributed by atoms with E-state index in [0.717, 1.165) is 25.9 Å². The van der Waals surface area contributed by atoms with Gasteiger partial charge in [0, 0.05) is 0 Å². The third kappa shape index (κ3) is 4.35. The van der Waals surface area contributed by atoms with E-state index in [9.17, 15) is 0 Å². The highest BCUT2D eigenvalue weighted by Gasteiger charge is 2.06. The van der Waals surface area contributed by atoms with Crippen molar-refractivity contribution in [1.82, 2.24) is 11.5 Å². The Hall–Kier alpha value is -0.160. The second-order valence-electron chi connectivity index (χ2n) is 1.98. The molecule has 0 bridgehead atoms. The molecule has 7 N–H and O–H groups in total. The van der Waals surface area contributed by atoms with E-state index >= 15 is 0 Å². The van der Waals surface area contributed by atoms with Crippen molar-refractivity contribution in [2.45, 2.75) is 18.9 Å². The van der Waals surface area contributed by atoms with Crippen LogP contribution in [0, 0.1) is 0 Å². The first kappa shape index (κ1) is 11.6. The molecule has 0 aromatic carbocycles. The van der Waals surface area contributed by atoms with Crippen molar-refractivity contribution in [2.75, 3.05) is 13.1 Å². The van der Waals surface area contributed by atoms with Crippen molar-refractivity contribution < 1.29 is 10.6 Å². The van der Waals surface area contributed by atoms with Gasteiger partial charge >= 0.3 is 0 Å². The molecule has 1 heterocycles. The van der Waals surface area contributed by atoms with Crippen LogP contribution in [-0.4, -0.2) is 29.8 Å². The molecule has 0 unspecified atom stereocenters. The van der Waals surface area contributed by atoms with Crippen molar-refractivity contribution in [1.29, 1.82) is 0 Å². The van der Waals surface area contributed by atoms with Crippen LogP contribution < -0.4 is 11.5 Å². The van der Waals surface area contributed by atoms with Crippen LogP contribution in [-0.2, 0) is 0 Å². The van der Waals surface area contributed by atoms with Crippen LogP contribution in [0.25, 0.3) is 0 Å². The molecule has 9 heavy (non-hydrogen) atoms. The zero-order valence-corrected chi connectivity index (χ0v) is 5.56. The Morgan fingerprint density at radius 2 is 1.67 bits per heavy atom. The van der Waals surface area contributed by atoms with Gasteiger partial charge < -0.3 is 22.1 Å². The lowest BCUT2D eigenvalue weighted by Crippen LogP contribution is -2.30. The molecule has 0 atom stereocenters. The summed E-state index contributed by atoms with van der Waals surface area (Å²) in [6, 6.07) is 0. The number of rotatable bonds is 0. The molecule has 58 valence electrons. The van der Waals surface area contributed by atoms with Crippen molar-refractivity contribution in [3.8, 4) is 0 Å². The maximum atomic E-state index is 8.87. The Morgan fingerprint density at radius 1 is 1.22 bits per heavy atom. The van der Waals surface area contributed by atoms with Crippen LogP contribution in [0.1, 0.15) is 12.8 Å². The number of piperidine rings is 1. The van der Waals surface area contributed by atoms with Gasteiger partial charge in [-0.1, -0.05) is 0 Å². The van der Waals surface area contributed by atoms with Gasteiger partial charge in [-0.2, -0.15) is 0 Å². The summed E-state index contributed by atoms with van der Waals surface area (Å²) in [5.74, 6) is 0. The van der Waals surface area contributed by atoms with Crippen molar-refractivity contribution in [3.63, 3.8) is 0 Å². The van der Waals surface area contributed by atoms with E-state index in [1.807, 2.05) is 0 Å². The predicted octanol–water partition coefficient (Wildman–Crippen LogP) is -0.932. The lowest BCUT2D eigenvalue weighted by atomic mass is 10.1. The molecule has 0 spiro atoms. The molecule has 0 radical (unpaired) electrons. The van der Waals surface area contributed by atoms with E-state index in [4.69, 9.17) is 5.11 Å². The van der Waals surface area contributed by atoms with Gasteiger partial charge in [0.15, 0.2) is 0 Å². The van der Waals surface area contributed by atoms with E-state index < -0.39 is 0 Å². The van der Waals surface area contributed by atoms with Crippen molar-refractivity contribution in [2.24, 2.45) is 0 Å². The molecule has 1 rings (SSSR count). The van der Waals surface area contributed by atoms with E-state index in [1.54, 1.807) is 0 Å². The highest BCUT2D eigenvalue weighted by atomic mass is 16.3. The first-order valence-corrected chi connectivity index (χ1v) is 2.78. The van der Waals surface area contributed by atoms with E-state index in [1.165, 1.54) is 0 Å². The fourth-order valence-electron chi connectivity index (χ4n) is 0.807. The Bertz CT molecular complexity index is 54.9. The standard InChI is InChI=1S/C5H11NO.H3N.H2O/c7-5-1-3-6-4-2-5;;/h5-7H,1-4H2;1H3;1H2. The van der Waals surface area contributed by atoms with Gasteiger partial charge in [-0.05, 0) is 25.9 Å². The highest BCUT2D eigenvalue weighted by molar-refractivity contribution is 4.65. The summed E-state index contributed by atoms with van der Waals surface area (Å²) >= 11 is 0. The molecule has 1 fully saturated rings. The van der Waals surface area contributed by atoms with Gasteiger partial charge in [-0.15, -0.1) is 0 Å². The summed E-state index contributed by atoms with van der Waals surface area (Å²) < 4.78 is 0. The molecule has 1 aliphatic rings. The lowest BCUT2D eigenvalue weighted by molar-refractivity contribution is 0.137. The van der Waals surface area contributed by atoms with Gasteiger partial charge in [0.05, 0.1) is 6.10 Å². The zero-order valence-electron chi connectivity index (χ0n) is 5.56. The number of hydrogen-bond acceptors (Lipinski definition) is 3. The van der Waals surface area contributed by atoms with Gasteiger partial charge in [-0.3, -0.25) is 0 Å². The minimum Gasteiger partial charge on any atom is -0.412 e. The highest BCUT2D eigenvalue weighted by Crippen LogP contribution is 1.99. The summed E-state index contributed by atoms with van der Waals surface area (Å²) in [5.41, 5.74) is 0. The lowest BCUT2D eigenvalue weighted by Gasteiger charge is -2.16. The fraction of sp³-hybridized carbons (Fsp3) is 1.00. The van der Waals surface area contributed by atoms with Crippen LogP contribution in [0.4, 0.5) is 0 Å².